The van der Waals surface area contributed by atoms with Gasteiger partial charge in [-0.3, -0.25) is 5.41 Å². The Morgan fingerprint density at radius 3 is 2.32 bits per heavy atom. The fourth-order valence-corrected chi connectivity index (χ4v) is 2.17. The lowest BCUT2D eigenvalue weighted by Gasteiger charge is -2.30. The number of carbonyl (C=O) groups is 2. The molecule has 106 valence electrons. The maximum atomic E-state index is 10.9. The number of allylic oxidation sites excluding steroid dienone is 1. The Kier molecular flexibility index (Phi) is 5.73. The average Bonchev–Trinajstić information content (AvgIpc) is 2.39. The molecule has 0 radical (unpaired) electrons. The molecule has 19 heavy (non-hydrogen) atoms. The maximum Gasteiger partial charge on any atom is 0.130 e. The summed E-state index contributed by atoms with van der Waals surface area (Å²) in [6, 6.07) is 0. The van der Waals surface area contributed by atoms with Gasteiger partial charge < -0.3 is 19.6 Å². The Labute approximate surface area is 113 Å². The Morgan fingerprint density at radius 2 is 1.89 bits per heavy atom. The molecule has 5 nitrogen and oxygen atoms in total. The van der Waals surface area contributed by atoms with E-state index in [2.05, 4.69) is 0 Å². The van der Waals surface area contributed by atoms with E-state index in [-0.39, 0.29) is 23.4 Å². The SMILES string of the molecule is CC(C)C(C=O)/C(O)=C/C(=N)N1CCC(C=O)CC1. The van der Waals surface area contributed by atoms with E-state index >= 15 is 0 Å². The molecule has 0 aliphatic carbocycles. The maximum absolute atomic E-state index is 10.9. The number of amidine groups is 1. The summed E-state index contributed by atoms with van der Waals surface area (Å²) in [6.45, 7) is 4.98. The predicted molar refractivity (Wildman–Crippen MR) is 73.2 cm³/mol. The molecule has 1 aliphatic rings. The van der Waals surface area contributed by atoms with Gasteiger partial charge in [0, 0.05) is 25.1 Å². The van der Waals surface area contributed by atoms with Crippen LogP contribution in [0.3, 0.4) is 0 Å². The Morgan fingerprint density at radius 1 is 1.32 bits per heavy atom. The molecular formula is C14H22N2O3. The standard InChI is InChI=1S/C14H22N2O3/c1-10(2)12(9-18)13(19)7-14(15)16-5-3-11(8-17)4-6-16/h7-12,15,19H,3-6H2,1-2H3/b13-7-,15-14?. The van der Waals surface area contributed by atoms with Crippen molar-refractivity contribution in [3.8, 4) is 0 Å². The smallest absolute Gasteiger partial charge is 0.130 e. The van der Waals surface area contributed by atoms with Crippen LogP contribution in [0.5, 0.6) is 0 Å². The number of rotatable bonds is 5. The van der Waals surface area contributed by atoms with Crippen molar-refractivity contribution in [1.29, 1.82) is 5.41 Å². The first kappa shape index (κ1) is 15.4. The summed E-state index contributed by atoms with van der Waals surface area (Å²) in [5.41, 5.74) is 0. The fourth-order valence-electron chi connectivity index (χ4n) is 2.17. The van der Waals surface area contributed by atoms with Crippen LogP contribution in [-0.4, -0.2) is 41.5 Å². The Hall–Kier alpha value is -1.65. The van der Waals surface area contributed by atoms with Gasteiger partial charge in [-0.15, -0.1) is 0 Å². The van der Waals surface area contributed by atoms with Crippen LogP contribution >= 0.6 is 0 Å². The highest BCUT2D eigenvalue weighted by molar-refractivity contribution is 5.91. The van der Waals surface area contributed by atoms with Crippen molar-refractivity contribution in [3.63, 3.8) is 0 Å². The summed E-state index contributed by atoms with van der Waals surface area (Å²) < 4.78 is 0. The molecule has 1 saturated heterocycles. The molecule has 5 heteroatoms. The summed E-state index contributed by atoms with van der Waals surface area (Å²) in [4.78, 5) is 23.4. The highest BCUT2D eigenvalue weighted by Crippen LogP contribution is 2.18. The zero-order valence-electron chi connectivity index (χ0n) is 11.5. The lowest BCUT2D eigenvalue weighted by atomic mass is 9.94. The first-order chi connectivity index (χ1) is 8.99. The molecule has 1 heterocycles. The van der Waals surface area contributed by atoms with Crippen LogP contribution in [-0.2, 0) is 9.59 Å². The zero-order chi connectivity index (χ0) is 14.4. The van der Waals surface area contributed by atoms with Gasteiger partial charge >= 0.3 is 0 Å². The third kappa shape index (κ3) is 4.19. The molecule has 0 spiro atoms. The molecular weight excluding hydrogens is 244 g/mol. The molecule has 0 bridgehead atoms. The van der Waals surface area contributed by atoms with Crippen molar-refractivity contribution < 1.29 is 14.7 Å². The van der Waals surface area contributed by atoms with Crippen molar-refractivity contribution in [2.45, 2.75) is 26.7 Å². The van der Waals surface area contributed by atoms with Gasteiger partial charge in [0.05, 0.1) is 5.92 Å². The van der Waals surface area contributed by atoms with Crippen molar-refractivity contribution >= 4 is 18.4 Å². The highest BCUT2D eigenvalue weighted by atomic mass is 16.3. The second-order valence-electron chi connectivity index (χ2n) is 5.32. The molecule has 0 aromatic rings. The van der Waals surface area contributed by atoms with E-state index in [1.165, 1.54) is 6.08 Å². The largest absolute Gasteiger partial charge is 0.511 e. The third-order valence-electron chi connectivity index (χ3n) is 3.56. The Bertz CT molecular complexity index is 369. The number of aldehydes is 2. The first-order valence-corrected chi connectivity index (χ1v) is 6.64. The van der Waals surface area contributed by atoms with Crippen molar-refractivity contribution in [1.82, 2.24) is 4.90 Å². The number of likely N-dealkylation sites (tertiary alicyclic amines) is 1. The summed E-state index contributed by atoms with van der Waals surface area (Å²) in [5, 5.41) is 17.8. The number of piperidine rings is 1. The summed E-state index contributed by atoms with van der Waals surface area (Å²) in [6.07, 6.45) is 4.50. The van der Waals surface area contributed by atoms with Crippen LogP contribution < -0.4 is 0 Å². The highest BCUT2D eigenvalue weighted by Gasteiger charge is 2.22. The number of carbonyl (C=O) groups excluding carboxylic acids is 2. The van der Waals surface area contributed by atoms with Gasteiger partial charge in [0.25, 0.3) is 0 Å². The first-order valence-electron chi connectivity index (χ1n) is 6.64. The Balaban J connectivity index is 2.63. The van der Waals surface area contributed by atoms with Gasteiger partial charge in [0.15, 0.2) is 0 Å². The van der Waals surface area contributed by atoms with Gasteiger partial charge in [-0.1, -0.05) is 13.8 Å². The number of hydrogen-bond donors (Lipinski definition) is 2. The van der Waals surface area contributed by atoms with Crippen LogP contribution in [0, 0.1) is 23.2 Å². The quantitative estimate of drug-likeness (QED) is 0.344. The molecule has 0 amide bonds. The zero-order valence-corrected chi connectivity index (χ0v) is 11.5. The van der Waals surface area contributed by atoms with E-state index in [1.54, 1.807) is 0 Å². The molecule has 1 unspecified atom stereocenters. The number of aliphatic hydroxyl groups excluding tert-OH is 1. The minimum absolute atomic E-state index is 0.00218. The minimum Gasteiger partial charge on any atom is -0.511 e. The van der Waals surface area contributed by atoms with Crippen LogP contribution in [0.1, 0.15) is 26.7 Å². The van der Waals surface area contributed by atoms with E-state index in [0.29, 0.717) is 19.4 Å². The topological polar surface area (TPSA) is 81.5 Å². The van der Waals surface area contributed by atoms with Gasteiger partial charge in [-0.05, 0) is 18.8 Å². The number of nitrogens with one attached hydrogen (secondary N) is 1. The van der Waals surface area contributed by atoms with Crippen LogP contribution in [0.15, 0.2) is 11.8 Å². The molecule has 0 saturated carbocycles. The van der Waals surface area contributed by atoms with Gasteiger partial charge in [0.1, 0.15) is 24.2 Å². The third-order valence-corrected chi connectivity index (χ3v) is 3.56. The van der Waals surface area contributed by atoms with Crippen LogP contribution in [0.4, 0.5) is 0 Å². The van der Waals surface area contributed by atoms with Gasteiger partial charge in [-0.25, -0.2) is 0 Å². The summed E-state index contributed by atoms with van der Waals surface area (Å²) in [7, 11) is 0. The molecule has 1 aliphatic heterocycles. The minimum atomic E-state index is -0.562. The summed E-state index contributed by atoms with van der Waals surface area (Å²) >= 11 is 0. The van der Waals surface area contributed by atoms with E-state index < -0.39 is 5.92 Å². The molecule has 1 rings (SSSR count). The fraction of sp³-hybridized carbons (Fsp3) is 0.643. The second kappa shape index (κ2) is 7.07. The number of aliphatic hydroxyl groups is 1. The number of hydrogen-bond acceptors (Lipinski definition) is 4. The lowest BCUT2D eigenvalue weighted by molar-refractivity contribution is -0.112. The predicted octanol–water partition coefficient (Wildman–Crippen LogP) is 1.79. The molecule has 1 atom stereocenters. The van der Waals surface area contributed by atoms with Crippen LogP contribution in [0.25, 0.3) is 0 Å². The molecule has 0 aromatic heterocycles. The number of nitrogens with zero attached hydrogens (tertiary/aromatic N) is 1. The van der Waals surface area contributed by atoms with Crippen molar-refractivity contribution in [2.24, 2.45) is 17.8 Å². The van der Waals surface area contributed by atoms with Gasteiger partial charge in [0.2, 0.25) is 0 Å². The normalized spacial score (nSPS) is 19.3. The van der Waals surface area contributed by atoms with Crippen LogP contribution in [0.2, 0.25) is 0 Å². The molecule has 1 fully saturated rings. The van der Waals surface area contributed by atoms with Crippen molar-refractivity contribution in [2.75, 3.05) is 13.1 Å². The summed E-state index contributed by atoms with van der Waals surface area (Å²) in [5.74, 6) is -0.336. The van der Waals surface area contributed by atoms with E-state index in [9.17, 15) is 14.7 Å². The monoisotopic (exact) mass is 266 g/mol. The average molecular weight is 266 g/mol. The molecule has 0 aromatic carbocycles. The second-order valence-corrected chi connectivity index (χ2v) is 5.32. The molecule has 2 N–H and O–H groups in total. The lowest BCUT2D eigenvalue weighted by Crippen LogP contribution is -2.38. The van der Waals surface area contributed by atoms with E-state index in [4.69, 9.17) is 5.41 Å². The van der Waals surface area contributed by atoms with Gasteiger partial charge in [-0.2, -0.15) is 0 Å². The van der Waals surface area contributed by atoms with E-state index in [0.717, 1.165) is 19.1 Å². The van der Waals surface area contributed by atoms with E-state index in [1.807, 2.05) is 18.7 Å². The van der Waals surface area contributed by atoms with Crippen molar-refractivity contribution in [3.05, 3.63) is 11.8 Å².